The molecule has 6 aliphatic rings. The highest BCUT2D eigenvalue weighted by Crippen LogP contribution is 2.72. The van der Waals surface area contributed by atoms with Crippen LogP contribution in [0.4, 0.5) is 16.6 Å². The van der Waals surface area contributed by atoms with E-state index < -0.39 is 121 Å². The molecule has 4 saturated carbocycles. The number of benzene rings is 2. The van der Waals surface area contributed by atoms with Crippen LogP contribution in [0.2, 0.25) is 0 Å². The lowest BCUT2D eigenvalue weighted by Crippen LogP contribution is -2.64. The maximum atomic E-state index is 13.6. The number of aliphatic carboxylic acids is 2. The number of carboxylic acid groups (broad SMARTS) is 3. The van der Waals surface area contributed by atoms with Crippen molar-refractivity contribution >= 4 is 91.6 Å². The molecule has 0 spiro atoms. The highest BCUT2D eigenvalue weighted by molar-refractivity contribution is 7.22. The standard InChI is InChI=1S/C70H86N12O18S/c1-37(2)54(78-51(84)26-71-50(83)19-20-52(85)86)62(92)74-38(3)61(91)75-42-15-13-41(40(24-42)14-17-47-57(88)58(89)59(90)60(100-47)65(96)97)28-98-53(87)12-9-23-99-70-32-67(5)29-68(6,33-70)31-69(30-67,34-70)35-82-39(4)44(25-73-82)43-16-18-49(77-55(43)64(94)95)80-21-22-81-36-72-56(46(81)27-80)63(93)79-66-76-45-10-7-8-11-48(45)101-66/h7-8,10-11,13,15-16,18,24-25,36-38,47,54,57-60,88-90H,9,12,14,17,19-23,26-35H2,1-6H3,(H,71,83)(H,74,92)(H,75,91)(H,78,84)(H,85,86)(H,94,95)(H,96,97)(H,76,79,93)/t38-,47-,54-,57-,58+,59-,60?,67?,68?,69?,70?/m0/s1. The number of thiazole rings is 1. The number of ether oxygens (including phenoxy) is 3. The Bertz CT molecular complexity index is 4140. The van der Waals surface area contributed by atoms with Gasteiger partial charge >= 0.3 is 23.9 Å². The van der Waals surface area contributed by atoms with Crippen molar-refractivity contribution in [2.24, 2.45) is 22.2 Å². The molecule has 5 fully saturated rings. The predicted octanol–water partition coefficient (Wildman–Crippen LogP) is 5.12. The van der Waals surface area contributed by atoms with Gasteiger partial charge in [-0.25, -0.2) is 24.5 Å². The topological polar surface area (TPSA) is 428 Å². The number of hydrogen-bond donors (Lipinski definition) is 11. The molecule has 11 N–H and O–H groups in total. The van der Waals surface area contributed by atoms with Gasteiger partial charge in [-0.3, -0.25) is 43.6 Å². The molecule has 5 amide bonds. The van der Waals surface area contributed by atoms with E-state index in [4.69, 9.17) is 29.4 Å². The molecule has 4 bridgehead atoms. The minimum absolute atomic E-state index is 0.00742. The minimum atomic E-state index is -1.91. The molecular weight excluding hydrogens is 1330 g/mol. The number of imidazole rings is 1. The minimum Gasteiger partial charge on any atom is -0.481 e. The van der Waals surface area contributed by atoms with Crippen molar-refractivity contribution in [3.05, 3.63) is 101 Å². The number of nitrogens with zero attached hydrogens (tertiary/aromatic N) is 7. The normalized spacial score (nSPS) is 24.9. The third kappa shape index (κ3) is 16.6. The van der Waals surface area contributed by atoms with Gasteiger partial charge in [0.25, 0.3) is 5.91 Å². The fourth-order valence-electron chi connectivity index (χ4n) is 16.4. The summed E-state index contributed by atoms with van der Waals surface area (Å²) in [6.07, 6.45) is -0.317. The Morgan fingerprint density at radius 1 is 0.772 bits per heavy atom. The fourth-order valence-corrected chi connectivity index (χ4v) is 17.3. The lowest BCUT2D eigenvalue weighted by molar-refractivity contribution is -0.248. The zero-order chi connectivity index (χ0) is 72.5. The Kier molecular flexibility index (Phi) is 21.5. The predicted molar refractivity (Wildman–Crippen MR) is 364 cm³/mol. The quantitative estimate of drug-likeness (QED) is 0.0214. The van der Waals surface area contributed by atoms with Crippen LogP contribution in [0.3, 0.4) is 0 Å². The van der Waals surface area contributed by atoms with E-state index in [1.807, 2.05) is 45.3 Å². The van der Waals surface area contributed by atoms with Crippen molar-refractivity contribution in [1.82, 2.24) is 45.2 Å². The average Bonchev–Trinajstić information content (AvgIpc) is 0.966. The van der Waals surface area contributed by atoms with E-state index in [9.17, 15) is 68.7 Å². The Balaban J connectivity index is 0.709. The summed E-state index contributed by atoms with van der Waals surface area (Å²) >= 11 is 1.37. The number of aliphatic hydroxyl groups is 3. The largest absolute Gasteiger partial charge is 0.481 e. The number of aliphatic hydroxyl groups excluding tert-OH is 3. The van der Waals surface area contributed by atoms with E-state index in [1.165, 1.54) is 18.3 Å². The number of carbonyl (C=O) groups excluding carboxylic acids is 6. The number of aromatic nitrogens is 6. The zero-order valence-corrected chi connectivity index (χ0v) is 57.8. The van der Waals surface area contributed by atoms with Crippen LogP contribution in [0.5, 0.6) is 0 Å². The van der Waals surface area contributed by atoms with Gasteiger partial charge in [-0.15, -0.1) is 0 Å². The molecule has 6 heterocycles. The van der Waals surface area contributed by atoms with E-state index in [0.29, 0.717) is 65.0 Å². The first kappa shape index (κ1) is 73.0. The van der Waals surface area contributed by atoms with Gasteiger partial charge in [0.05, 0.1) is 59.7 Å². The first-order valence-corrected chi connectivity index (χ1v) is 34.7. The maximum Gasteiger partial charge on any atom is 0.355 e. The number of amides is 5. The van der Waals surface area contributed by atoms with Crippen LogP contribution in [0.15, 0.2) is 67.1 Å². The summed E-state index contributed by atoms with van der Waals surface area (Å²) in [7, 11) is 0. The Hall–Kier alpha value is -9.27. The van der Waals surface area contributed by atoms with Crippen LogP contribution in [0.25, 0.3) is 21.3 Å². The maximum absolute atomic E-state index is 13.6. The molecule has 12 rings (SSSR count). The van der Waals surface area contributed by atoms with Gasteiger partial charge in [0.2, 0.25) is 23.6 Å². The summed E-state index contributed by atoms with van der Waals surface area (Å²) in [5.74, 6) is -7.66. The average molecular weight is 1420 g/mol. The van der Waals surface area contributed by atoms with Gasteiger partial charge in [0.15, 0.2) is 22.6 Å². The molecule has 9 atom stereocenters. The van der Waals surface area contributed by atoms with Crippen molar-refractivity contribution in [3.8, 4) is 11.1 Å². The Labute approximate surface area is 584 Å². The summed E-state index contributed by atoms with van der Waals surface area (Å²) < 4.78 is 23.2. The first-order valence-electron chi connectivity index (χ1n) is 33.9. The molecule has 1 saturated heterocycles. The number of aromatic carboxylic acids is 1. The summed E-state index contributed by atoms with van der Waals surface area (Å²) in [5, 5.41) is 79.4. The van der Waals surface area contributed by atoms with Gasteiger partial charge in [0, 0.05) is 61.6 Å². The van der Waals surface area contributed by atoms with Crippen LogP contribution >= 0.6 is 11.3 Å². The first-order chi connectivity index (χ1) is 47.9. The van der Waals surface area contributed by atoms with E-state index in [0.717, 1.165) is 54.4 Å². The SMILES string of the molecule is Cc1c(-c2ccc(N3CCn4cnc(C(=O)Nc5nc6ccccc6s5)c4C3)nc2C(=O)O)cnn1CC12CC3(C)CC(C)(C1)CC(OCCCC(=O)OCc1ccc(NC(=O)[C@H](C)NC(=O)[C@@H](NC(=O)CNC(=O)CCC(=O)O)C(C)C)cc1CC[C@@H]1OC(C(=O)O)[C@@H](O)[C@H](O)[C@H]1O)(C3)C2. The summed E-state index contributed by atoms with van der Waals surface area (Å²) in [6.45, 7) is 12.7. The number of anilines is 3. The van der Waals surface area contributed by atoms with Gasteiger partial charge in [0.1, 0.15) is 42.8 Å². The number of hydrogen-bond acceptors (Lipinski definition) is 21. The van der Waals surface area contributed by atoms with Crippen molar-refractivity contribution < 1.29 is 88.0 Å². The van der Waals surface area contributed by atoms with Gasteiger partial charge < -0.3 is 75.6 Å². The van der Waals surface area contributed by atoms with E-state index in [-0.39, 0.29) is 78.8 Å². The van der Waals surface area contributed by atoms with Crippen molar-refractivity contribution in [1.29, 1.82) is 0 Å². The fraction of sp³-hybridized carbons (Fsp3) is 0.529. The van der Waals surface area contributed by atoms with Crippen LogP contribution in [0.1, 0.15) is 149 Å². The van der Waals surface area contributed by atoms with Gasteiger partial charge in [-0.1, -0.05) is 57.2 Å². The van der Waals surface area contributed by atoms with Gasteiger partial charge in [-0.05, 0) is 141 Å². The molecule has 0 radical (unpaired) electrons. The number of esters is 1. The number of para-hydroxylation sites is 1. The van der Waals surface area contributed by atoms with Crippen molar-refractivity contribution in [2.45, 2.75) is 193 Å². The number of rotatable bonds is 29. The molecule has 101 heavy (non-hydrogen) atoms. The highest BCUT2D eigenvalue weighted by atomic mass is 32.1. The van der Waals surface area contributed by atoms with E-state index >= 15 is 0 Å². The molecule has 4 aliphatic carbocycles. The van der Waals surface area contributed by atoms with E-state index in [2.05, 4.69) is 50.4 Å². The third-order valence-electron chi connectivity index (χ3n) is 20.0. The number of carboxylic acids is 3. The van der Waals surface area contributed by atoms with Gasteiger partial charge in [-0.2, -0.15) is 5.10 Å². The Morgan fingerprint density at radius 2 is 1.52 bits per heavy atom. The Morgan fingerprint density at radius 3 is 2.24 bits per heavy atom. The number of pyridine rings is 1. The lowest BCUT2D eigenvalue weighted by atomic mass is 9.39. The van der Waals surface area contributed by atoms with Crippen LogP contribution in [-0.2, 0) is 80.4 Å². The molecule has 2 aliphatic heterocycles. The summed E-state index contributed by atoms with van der Waals surface area (Å²) in [6, 6.07) is 13.6. The number of aryl methyl sites for hydroxylation is 1. The van der Waals surface area contributed by atoms with Crippen LogP contribution in [0, 0.1) is 29.1 Å². The molecule has 6 aromatic rings. The zero-order valence-electron chi connectivity index (χ0n) is 57.0. The molecular formula is C70H86N12O18S. The number of fused-ring (bicyclic) bond motifs is 2. The number of nitrogens with one attached hydrogen (secondary N) is 5. The van der Waals surface area contributed by atoms with Crippen molar-refractivity contribution in [3.63, 3.8) is 0 Å². The molecule has 4 aromatic heterocycles. The van der Waals surface area contributed by atoms with Crippen molar-refractivity contribution in [2.75, 3.05) is 35.2 Å². The van der Waals surface area contributed by atoms with Crippen LogP contribution < -0.4 is 31.5 Å². The second-order valence-corrected chi connectivity index (χ2v) is 29.9. The second-order valence-electron chi connectivity index (χ2n) is 28.9. The monoisotopic (exact) mass is 1410 g/mol. The van der Waals surface area contributed by atoms with E-state index in [1.54, 1.807) is 56.7 Å². The lowest BCUT2D eigenvalue weighted by Gasteiger charge is -2.69. The molecule has 3 unspecified atom stereocenters. The highest BCUT2D eigenvalue weighted by Gasteiger charge is 2.66. The molecule has 30 nitrogen and oxygen atoms in total. The summed E-state index contributed by atoms with van der Waals surface area (Å²) in [4.78, 5) is 130. The molecule has 31 heteroatoms. The smallest absolute Gasteiger partial charge is 0.355 e. The number of carbonyl (C=O) groups is 9. The molecule has 540 valence electrons. The van der Waals surface area contributed by atoms with Crippen LogP contribution in [-0.4, -0.2) is 181 Å². The third-order valence-corrected chi connectivity index (χ3v) is 21.0. The summed E-state index contributed by atoms with van der Waals surface area (Å²) in [5.41, 5.74) is 3.83. The second kappa shape index (κ2) is 29.7. The molecule has 2 aromatic carbocycles.